The first kappa shape index (κ1) is 16.9. The number of nitro benzene ring substituents is 1. The number of unbranched alkanes of at least 4 members (excludes halogenated alkanes) is 2. The molecule has 0 aliphatic carbocycles. The van der Waals surface area contributed by atoms with Crippen LogP contribution >= 0.6 is 0 Å². The van der Waals surface area contributed by atoms with Gasteiger partial charge in [0.05, 0.1) is 23.7 Å². The Balaban J connectivity index is 2.29. The van der Waals surface area contributed by atoms with Crippen molar-refractivity contribution in [2.45, 2.75) is 39.5 Å². The van der Waals surface area contributed by atoms with Gasteiger partial charge in [0.25, 0.3) is 5.69 Å². The maximum atomic E-state index is 11.1. The standard InChI is InChI=1S/C15H21NO5/c1-3-20-15(17)10-5-4-6-11-21-14-9-7-8-13(12(14)2)16(18)19/h7-9H,3-6,10-11H2,1-2H3. The second-order valence-corrected chi connectivity index (χ2v) is 4.62. The van der Waals surface area contributed by atoms with Crippen LogP contribution in [0.2, 0.25) is 0 Å². The Morgan fingerprint density at radius 1 is 1.29 bits per heavy atom. The Labute approximate surface area is 124 Å². The molecule has 0 heterocycles. The molecule has 6 heteroatoms. The molecule has 0 bridgehead atoms. The number of hydrogen-bond acceptors (Lipinski definition) is 5. The fraction of sp³-hybridized carbons (Fsp3) is 0.533. The van der Waals surface area contributed by atoms with Crippen molar-refractivity contribution < 1.29 is 19.2 Å². The van der Waals surface area contributed by atoms with Gasteiger partial charge in [0.15, 0.2) is 0 Å². The van der Waals surface area contributed by atoms with E-state index in [1.54, 1.807) is 26.0 Å². The van der Waals surface area contributed by atoms with E-state index in [1.807, 2.05) is 0 Å². The summed E-state index contributed by atoms with van der Waals surface area (Å²) in [6, 6.07) is 4.80. The number of nitrogens with zero attached hydrogens (tertiary/aromatic N) is 1. The first-order valence-electron chi connectivity index (χ1n) is 7.08. The molecule has 0 N–H and O–H groups in total. The van der Waals surface area contributed by atoms with E-state index in [1.165, 1.54) is 6.07 Å². The summed E-state index contributed by atoms with van der Waals surface area (Å²) in [6.45, 7) is 4.35. The number of nitro groups is 1. The molecular weight excluding hydrogens is 274 g/mol. The van der Waals surface area contributed by atoms with E-state index in [2.05, 4.69) is 0 Å². The van der Waals surface area contributed by atoms with E-state index in [-0.39, 0.29) is 11.7 Å². The van der Waals surface area contributed by atoms with Gasteiger partial charge in [-0.3, -0.25) is 14.9 Å². The Bertz CT molecular complexity index is 487. The van der Waals surface area contributed by atoms with Crippen LogP contribution in [0, 0.1) is 17.0 Å². The van der Waals surface area contributed by atoms with E-state index in [0.717, 1.165) is 19.3 Å². The van der Waals surface area contributed by atoms with Crippen molar-refractivity contribution >= 4 is 11.7 Å². The van der Waals surface area contributed by atoms with Crippen LogP contribution in [0.3, 0.4) is 0 Å². The third-order valence-corrected chi connectivity index (χ3v) is 3.04. The van der Waals surface area contributed by atoms with Crippen LogP contribution in [-0.4, -0.2) is 24.1 Å². The smallest absolute Gasteiger partial charge is 0.305 e. The zero-order valence-electron chi connectivity index (χ0n) is 12.5. The van der Waals surface area contributed by atoms with Crippen LogP contribution in [0.1, 0.15) is 38.2 Å². The second kappa shape index (κ2) is 8.94. The number of esters is 1. The predicted molar refractivity (Wildman–Crippen MR) is 78.4 cm³/mol. The van der Waals surface area contributed by atoms with Crippen LogP contribution in [0.15, 0.2) is 18.2 Å². The van der Waals surface area contributed by atoms with Crippen LogP contribution < -0.4 is 4.74 Å². The minimum absolute atomic E-state index is 0.0646. The van der Waals surface area contributed by atoms with Gasteiger partial charge in [-0.15, -0.1) is 0 Å². The summed E-state index contributed by atoms with van der Waals surface area (Å²) < 4.78 is 10.4. The molecule has 0 saturated carbocycles. The molecular formula is C15H21NO5. The number of benzene rings is 1. The molecule has 1 aromatic carbocycles. The second-order valence-electron chi connectivity index (χ2n) is 4.62. The van der Waals surface area contributed by atoms with Crippen LogP contribution in [-0.2, 0) is 9.53 Å². The van der Waals surface area contributed by atoms with Crippen molar-refractivity contribution in [2.75, 3.05) is 13.2 Å². The Morgan fingerprint density at radius 3 is 2.71 bits per heavy atom. The molecule has 0 radical (unpaired) electrons. The van der Waals surface area contributed by atoms with Gasteiger partial charge in [-0.25, -0.2) is 0 Å². The number of ether oxygens (including phenoxy) is 2. The quantitative estimate of drug-likeness (QED) is 0.302. The monoisotopic (exact) mass is 295 g/mol. The van der Waals surface area contributed by atoms with E-state index in [4.69, 9.17) is 9.47 Å². The topological polar surface area (TPSA) is 78.7 Å². The number of carbonyl (C=O) groups excluding carboxylic acids is 1. The summed E-state index contributed by atoms with van der Waals surface area (Å²) >= 11 is 0. The molecule has 0 aromatic heterocycles. The zero-order valence-corrected chi connectivity index (χ0v) is 12.5. The predicted octanol–water partition coefficient (Wildman–Crippen LogP) is 3.41. The number of carbonyl (C=O) groups is 1. The van der Waals surface area contributed by atoms with Crippen molar-refractivity contribution in [3.63, 3.8) is 0 Å². The number of rotatable bonds is 9. The summed E-state index contributed by atoms with van der Waals surface area (Å²) in [4.78, 5) is 21.5. The Hall–Kier alpha value is -2.11. The van der Waals surface area contributed by atoms with Crippen LogP contribution in [0.25, 0.3) is 0 Å². The highest BCUT2D eigenvalue weighted by molar-refractivity contribution is 5.69. The lowest BCUT2D eigenvalue weighted by Crippen LogP contribution is -2.04. The summed E-state index contributed by atoms with van der Waals surface area (Å²) in [5.74, 6) is 0.363. The van der Waals surface area contributed by atoms with Gasteiger partial charge in [-0.05, 0) is 39.2 Å². The third kappa shape index (κ3) is 5.81. The fourth-order valence-corrected chi connectivity index (χ4v) is 1.92. The Kier molecular flexibility index (Phi) is 7.21. The van der Waals surface area contributed by atoms with Crippen molar-refractivity contribution in [3.8, 4) is 5.75 Å². The molecule has 0 fully saturated rings. The lowest BCUT2D eigenvalue weighted by atomic mass is 10.2. The van der Waals surface area contributed by atoms with Gasteiger partial charge in [0.1, 0.15) is 5.75 Å². The van der Waals surface area contributed by atoms with Crippen molar-refractivity contribution in [1.82, 2.24) is 0 Å². The van der Waals surface area contributed by atoms with Crippen LogP contribution in [0.4, 0.5) is 5.69 Å². The zero-order chi connectivity index (χ0) is 15.7. The maximum absolute atomic E-state index is 11.1. The molecule has 0 amide bonds. The molecule has 0 spiro atoms. The summed E-state index contributed by atoms with van der Waals surface area (Å²) in [5.41, 5.74) is 0.601. The summed E-state index contributed by atoms with van der Waals surface area (Å²) in [7, 11) is 0. The highest BCUT2D eigenvalue weighted by atomic mass is 16.6. The van der Waals surface area contributed by atoms with E-state index in [0.29, 0.717) is 30.9 Å². The van der Waals surface area contributed by atoms with Gasteiger partial charge in [-0.1, -0.05) is 6.07 Å². The summed E-state index contributed by atoms with van der Waals surface area (Å²) in [5, 5.41) is 10.8. The molecule has 1 rings (SSSR count). The average molecular weight is 295 g/mol. The third-order valence-electron chi connectivity index (χ3n) is 3.04. The van der Waals surface area contributed by atoms with Gasteiger partial charge >= 0.3 is 5.97 Å². The summed E-state index contributed by atoms with van der Waals surface area (Å²) in [6.07, 6.45) is 2.83. The normalized spacial score (nSPS) is 10.2. The lowest BCUT2D eigenvalue weighted by Gasteiger charge is -2.09. The molecule has 0 aliphatic rings. The van der Waals surface area contributed by atoms with Gasteiger partial charge in [0.2, 0.25) is 0 Å². The fourth-order valence-electron chi connectivity index (χ4n) is 1.92. The molecule has 6 nitrogen and oxygen atoms in total. The average Bonchev–Trinajstić information content (AvgIpc) is 2.44. The first-order chi connectivity index (χ1) is 10.1. The van der Waals surface area contributed by atoms with Crippen molar-refractivity contribution in [2.24, 2.45) is 0 Å². The Morgan fingerprint density at radius 2 is 2.05 bits per heavy atom. The molecule has 116 valence electrons. The highest BCUT2D eigenvalue weighted by Crippen LogP contribution is 2.27. The van der Waals surface area contributed by atoms with Crippen LogP contribution in [0.5, 0.6) is 5.75 Å². The van der Waals surface area contributed by atoms with Gasteiger partial charge in [-0.2, -0.15) is 0 Å². The molecule has 1 aromatic rings. The van der Waals surface area contributed by atoms with Gasteiger partial charge < -0.3 is 9.47 Å². The SMILES string of the molecule is CCOC(=O)CCCCCOc1cccc([N+](=O)[O-])c1C. The van der Waals surface area contributed by atoms with Gasteiger partial charge in [0, 0.05) is 12.5 Å². The molecule has 21 heavy (non-hydrogen) atoms. The minimum Gasteiger partial charge on any atom is -0.493 e. The van der Waals surface area contributed by atoms with E-state index < -0.39 is 4.92 Å². The molecule has 0 aliphatic heterocycles. The molecule has 0 atom stereocenters. The number of hydrogen-bond donors (Lipinski definition) is 0. The highest BCUT2D eigenvalue weighted by Gasteiger charge is 2.13. The lowest BCUT2D eigenvalue weighted by molar-refractivity contribution is -0.385. The van der Waals surface area contributed by atoms with E-state index in [9.17, 15) is 14.9 Å². The first-order valence-corrected chi connectivity index (χ1v) is 7.08. The maximum Gasteiger partial charge on any atom is 0.305 e. The van der Waals surface area contributed by atoms with Crippen molar-refractivity contribution in [1.29, 1.82) is 0 Å². The molecule has 0 unspecified atom stereocenters. The molecule has 0 saturated heterocycles. The van der Waals surface area contributed by atoms with Crippen molar-refractivity contribution in [3.05, 3.63) is 33.9 Å². The largest absolute Gasteiger partial charge is 0.493 e. The minimum atomic E-state index is -0.415. The van der Waals surface area contributed by atoms with E-state index >= 15 is 0 Å².